The van der Waals surface area contributed by atoms with Crippen molar-refractivity contribution in [3.63, 3.8) is 0 Å². The van der Waals surface area contributed by atoms with E-state index in [0.29, 0.717) is 0 Å². The molecule has 0 unspecified atom stereocenters. The first-order chi connectivity index (χ1) is 3.91. The molecular weight excluding hydrogens is 103 g/mol. The summed E-state index contributed by atoms with van der Waals surface area (Å²) in [6.45, 7) is 1.88. The van der Waals surface area contributed by atoms with Gasteiger partial charge in [-0.2, -0.15) is 0 Å². The Morgan fingerprint density at radius 1 is 1.38 bits per heavy atom. The van der Waals surface area contributed by atoms with E-state index in [0.717, 1.165) is 0 Å². The van der Waals surface area contributed by atoms with Crippen LogP contribution in [-0.4, -0.2) is 0 Å². The van der Waals surface area contributed by atoms with Gasteiger partial charge in [0.1, 0.15) is 6.17 Å². The van der Waals surface area contributed by atoms with Crippen molar-refractivity contribution >= 4 is 0 Å². The van der Waals surface area contributed by atoms with Crippen molar-refractivity contribution in [3.05, 3.63) is 24.3 Å². The molecule has 0 aliphatic rings. The number of allylic oxidation sites excluding steroid dienone is 4. The van der Waals surface area contributed by atoms with Crippen LogP contribution in [0.2, 0.25) is 0 Å². The SMILES string of the molecule is C/C=C\C=C/C#CF. The Hall–Kier alpha value is -1.03. The Morgan fingerprint density at radius 3 is 2.62 bits per heavy atom. The van der Waals surface area contributed by atoms with Crippen LogP contribution in [0.3, 0.4) is 0 Å². The van der Waals surface area contributed by atoms with Crippen molar-refractivity contribution in [1.82, 2.24) is 0 Å². The highest BCUT2D eigenvalue weighted by molar-refractivity contribution is 5.16. The molecule has 0 aliphatic carbocycles. The third-order valence-electron chi connectivity index (χ3n) is 0.538. The first-order valence-electron chi connectivity index (χ1n) is 2.31. The largest absolute Gasteiger partial charge is 0.144 e. The summed E-state index contributed by atoms with van der Waals surface area (Å²) in [6.07, 6.45) is 8.00. The van der Waals surface area contributed by atoms with Crippen molar-refractivity contribution in [2.45, 2.75) is 6.92 Å². The van der Waals surface area contributed by atoms with Crippen LogP contribution in [0, 0.1) is 12.1 Å². The predicted octanol–water partition coefficient (Wildman–Crippen LogP) is 2.05. The van der Waals surface area contributed by atoms with Gasteiger partial charge in [-0.3, -0.25) is 0 Å². The van der Waals surface area contributed by atoms with E-state index in [-0.39, 0.29) is 0 Å². The van der Waals surface area contributed by atoms with Crippen molar-refractivity contribution in [2.75, 3.05) is 0 Å². The average Bonchev–Trinajstić information content (AvgIpc) is 1.81. The first-order valence-corrected chi connectivity index (χ1v) is 2.31. The van der Waals surface area contributed by atoms with Gasteiger partial charge in [0.25, 0.3) is 0 Å². The minimum atomic E-state index is 1.26. The van der Waals surface area contributed by atoms with Gasteiger partial charge >= 0.3 is 0 Å². The lowest BCUT2D eigenvalue weighted by Gasteiger charge is -1.63. The molecule has 0 saturated heterocycles. The van der Waals surface area contributed by atoms with Crippen molar-refractivity contribution < 1.29 is 4.39 Å². The summed E-state index contributed by atoms with van der Waals surface area (Å²) in [5.41, 5.74) is 0. The summed E-state index contributed by atoms with van der Waals surface area (Å²) in [5, 5.41) is 0. The molecular formula is C7H7F. The maximum Gasteiger partial charge on any atom is 0.110 e. The molecule has 42 valence electrons. The van der Waals surface area contributed by atoms with Crippen LogP contribution in [0.15, 0.2) is 24.3 Å². The molecule has 0 bridgehead atoms. The quantitative estimate of drug-likeness (QED) is 0.358. The predicted molar refractivity (Wildman–Crippen MR) is 32.8 cm³/mol. The molecule has 0 rings (SSSR count). The van der Waals surface area contributed by atoms with Gasteiger partial charge in [0, 0.05) is 0 Å². The van der Waals surface area contributed by atoms with Gasteiger partial charge in [-0.15, -0.1) is 4.39 Å². The Morgan fingerprint density at radius 2 is 2.12 bits per heavy atom. The topological polar surface area (TPSA) is 0 Å². The number of hydrogen-bond donors (Lipinski definition) is 0. The van der Waals surface area contributed by atoms with E-state index in [9.17, 15) is 4.39 Å². The zero-order chi connectivity index (χ0) is 6.24. The molecule has 0 radical (unpaired) electrons. The monoisotopic (exact) mass is 110 g/mol. The Kier molecular flexibility index (Phi) is 5.20. The van der Waals surface area contributed by atoms with E-state index in [2.05, 4.69) is 5.92 Å². The average molecular weight is 110 g/mol. The van der Waals surface area contributed by atoms with Crippen LogP contribution < -0.4 is 0 Å². The molecule has 8 heavy (non-hydrogen) atoms. The molecule has 0 saturated carbocycles. The molecule has 0 aromatic rings. The van der Waals surface area contributed by atoms with Gasteiger partial charge in [0.05, 0.1) is 0 Å². The highest BCUT2D eigenvalue weighted by atomic mass is 19.1. The van der Waals surface area contributed by atoms with E-state index in [1.165, 1.54) is 12.3 Å². The van der Waals surface area contributed by atoms with Gasteiger partial charge in [0.2, 0.25) is 0 Å². The maximum atomic E-state index is 11.0. The van der Waals surface area contributed by atoms with Crippen LogP contribution in [0.5, 0.6) is 0 Å². The second-order valence-corrected chi connectivity index (χ2v) is 1.12. The number of rotatable bonds is 1. The summed E-state index contributed by atoms with van der Waals surface area (Å²) in [5.74, 6) is 2.13. The molecule has 0 N–H and O–H groups in total. The molecule has 0 aromatic heterocycles. The number of halogens is 1. The fourth-order valence-corrected chi connectivity index (χ4v) is 0.246. The summed E-state index contributed by atoms with van der Waals surface area (Å²) in [4.78, 5) is 0. The minimum absolute atomic E-state index is 1.26. The van der Waals surface area contributed by atoms with Crippen LogP contribution in [0.25, 0.3) is 0 Å². The molecule has 0 aromatic carbocycles. The Balaban J connectivity index is 3.45. The van der Waals surface area contributed by atoms with E-state index >= 15 is 0 Å². The van der Waals surface area contributed by atoms with Gasteiger partial charge in [-0.25, -0.2) is 0 Å². The molecule has 0 amide bonds. The Labute approximate surface area is 48.7 Å². The van der Waals surface area contributed by atoms with Crippen molar-refractivity contribution in [2.24, 2.45) is 0 Å². The van der Waals surface area contributed by atoms with Gasteiger partial charge < -0.3 is 0 Å². The van der Waals surface area contributed by atoms with Crippen LogP contribution in [0.1, 0.15) is 6.92 Å². The lowest BCUT2D eigenvalue weighted by Crippen LogP contribution is -1.46. The fourth-order valence-electron chi connectivity index (χ4n) is 0.246. The van der Waals surface area contributed by atoms with Crippen molar-refractivity contribution in [1.29, 1.82) is 0 Å². The Bertz CT molecular complexity index is 144. The standard InChI is InChI=1S/C7H7F/c1-2-3-4-5-6-7-8/h2-5H,1H3/b3-2-,5-4-. The highest BCUT2D eigenvalue weighted by Crippen LogP contribution is 1.73. The highest BCUT2D eigenvalue weighted by Gasteiger charge is 1.55. The molecule has 0 spiro atoms. The summed E-state index contributed by atoms with van der Waals surface area (Å²) in [6, 6.07) is 0. The minimum Gasteiger partial charge on any atom is -0.144 e. The third-order valence-corrected chi connectivity index (χ3v) is 0.538. The second kappa shape index (κ2) is 5.97. The zero-order valence-electron chi connectivity index (χ0n) is 4.69. The second-order valence-electron chi connectivity index (χ2n) is 1.12. The van der Waals surface area contributed by atoms with Crippen molar-refractivity contribution in [3.8, 4) is 12.1 Å². The van der Waals surface area contributed by atoms with Crippen LogP contribution in [0.4, 0.5) is 4.39 Å². The lowest BCUT2D eigenvalue weighted by atomic mass is 10.4. The normalized spacial score (nSPS) is 9.75. The van der Waals surface area contributed by atoms with Crippen LogP contribution in [-0.2, 0) is 0 Å². The molecule has 1 heteroatoms. The van der Waals surface area contributed by atoms with Gasteiger partial charge in [-0.05, 0) is 18.9 Å². The summed E-state index contributed by atoms with van der Waals surface area (Å²) < 4.78 is 11.0. The molecule has 0 aliphatic heterocycles. The number of hydrogen-bond acceptors (Lipinski definition) is 0. The lowest BCUT2D eigenvalue weighted by molar-refractivity contribution is 0.774. The van der Waals surface area contributed by atoms with Gasteiger partial charge in [0.15, 0.2) is 0 Å². The molecule has 0 nitrogen and oxygen atoms in total. The van der Waals surface area contributed by atoms with Crippen LogP contribution >= 0.6 is 0 Å². The molecule has 0 fully saturated rings. The maximum absolute atomic E-state index is 11.0. The van der Waals surface area contributed by atoms with E-state index in [1.807, 2.05) is 13.0 Å². The smallest absolute Gasteiger partial charge is 0.110 e. The molecule has 0 atom stereocenters. The van der Waals surface area contributed by atoms with E-state index in [4.69, 9.17) is 0 Å². The van der Waals surface area contributed by atoms with E-state index in [1.54, 1.807) is 12.2 Å². The van der Waals surface area contributed by atoms with Gasteiger partial charge in [-0.1, -0.05) is 18.2 Å². The summed E-state index contributed by atoms with van der Waals surface area (Å²) in [7, 11) is 0. The zero-order valence-corrected chi connectivity index (χ0v) is 4.69. The van der Waals surface area contributed by atoms with E-state index < -0.39 is 0 Å². The fraction of sp³-hybridized carbons (Fsp3) is 0.143. The first kappa shape index (κ1) is 6.97. The molecule has 0 heterocycles. The third kappa shape index (κ3) is 4.97. The summed E-state index contributed by atoms with van der Waals surface area (Å²) >= 11 is 0.